The zero-order chi connectivity index (χ0) is 13.9. The van der Waals surface area contributed by atoms with Crippen LogP contribution in [0.5, 0.6) is 0 Å². The molecule has 1 atom stereocenters. The second-order valence-electron chi connectivity index (χ2n) is 8.25. The van der Waals surface area contributed by atoms with Crippen molar-refractivity contribution < 1.29 is 0 Å². The highest BCUT2D eigenvalue weighted by atomic mass is 15.2. The topological polar surface area (TPSA) is 29.3 Å². The predicted molar refractivity (Wildman–Crippen MR) is 83.2 cm³/mol. The van der Waals surface area contributed by atoms with E-state index in [9.17, 15) is 0 Å². The minimum absolute atomic E-state index is 0.393. The van der Waals surface area contributed by atoms with Gasteiger partial charge in [0.1, 0.15) is 0 Å². The van der Waals surface area contributed by atoms with Crippen LogP contribution in [0.25, 0.3) is 0 Å². The van der Waals surface area contributed by atoms with Gasteiger partial charge in [-0.2, -0.15) is 0 Å². The normalized spacial score (nSPS) is 26.5. The monoisotopic (exact) mass is 266 g/mol. The van der Waals surface area contributed by atoms with E-state index >= 15 is 0 Å². The molecule has 2 nitrogen and oxygen atoms in total. The summed E-state index contributed by atoms with van der Waals surface area (Å²) in [5.74, 6) is 0. The molecule has 0 aromatic carbocycles. The Morgan fingerprint density at radius 2 is 1.58 bits per heavy atom. The zero-order valence-electron chi connectivity index (χ0n) is 13.4. The van der Waals surface area contributed by atoms with Crippen LogP contribution >= 0.6 is 0 Å². The van der Waals surface area contributed by atoms with Crippen molar-refractivity contribution in [2.24, 2.45) is 16.6 Å². The molecular formula is C17H34N2. The zero-order valence-corrected chi connectivity index (χ0v) is 13.4. The summed E-state index contributed by atoms with van der Waals surface area (Å²) in [6.45, 7) is 10.4. The fraction of sp³-hybridized carbons (Fsp3) is 1.00. The summed E-state index contributed by atoms with van der Waals surface area (Å²) < 4.78 is 0. The maximum Gasteiger partial charge on any atom is 0.0223 e. The van der Waals surface area contributed by atoms with Gasteiger partial charge < -0.3 is 5.73 Å². The highest BCUT2D eigenvalue weighted by molar-refractivity contribution is 4.91. The maximum absolute atomic E-state index is 6.04. The molecule has 2 fully saturated rings. The first kappa shape index (κ1) is 15.3. The van der Waals surface area contributed by atoms with Gasteiger partial charge in [0.25, 0.3) is 0 Å². The van der Waals surface area contributed by atoms with Crippen LogP contribution in [0.15, 0.2) is 0 Å². The number of hydrogen-bond acceptors (Lipinski definition) is 2. The van der Waals surface area contributed by atoms with Crippen molar-refractivity contribution in [2.45, 2.75) is 78.2 Å². The van der Waals surface area contributed by atoms with Gasteiger partial charge in [0.05, 0.1) is 0 Å². The molecule has 2 N–H and O–H groups in total. The van der Waals surface area contributed by atoms with Crippen molar-refractivity contribution in [3.05, 3.63) is 0 Å². The molecule has 1 saturated heterocycles. The van der Waals surface area contributed by atoms with Gasteiger partial charge in [-0.25, -0.2) is 0 Å². The third-order valence-electron chi connectivity index (χ3n) is 5.41. The SMILES string of the molecule is CC(C)(C)CC(CN)N1CCC2(CCCCC2)CC1. The van der Waals surface area contributed by atoms with E-state index in [4.69, 9.17) is 5.73 Å². The summed E-state index contributed by atoms with van der Waals surface area (Å²) in [7, 11) is 0. The first-order valence-electron chi connectivity index (χ1n) is 8.38. The van der Waals surface area contributed by atoms with Gasteiger partial charge in [-0.3, -0.25) is 4.90 Å². The molecule has 2 heteroatoms. The van der Waals surface area contributed by atoms with Gasteiger partial charge in [0.15, 0.2) is 0 Å². The van der Waals surface area contributed by atoms with E-state index in [0.29, 0.717) is 11.5 Å². The Morgan fingerprint density at radius 1 is 1.00 bits per heavy atom. The first-order chi connectivity index (χ1) is 8.94. The Labute approximate surface area is 120 Å². The molecule has 1 heterocycles. The predicted octanol–water partition coefficient (Wildman–Crippen LogP) is 3.80. The van der Waals surface area contributed by atoms with E-state index in [1.165, 1.54) is 64.5 Å². The summed E-state index contributed by atoms with van der Waals surface area (Å²) in [4.78, 5) is 2.69. The van der Waals surface area contributed by atoms with Crippen LogP contribution in [0.1, 0.15) is 72.1 Å². The van der Waals surface area contributed by atoms with Crippen molar-refractivity contribution in [2.75, 3.05) is 19.6 Å². The molecule has 19 heavy (non-hydrogen) atoms. The third-order valence-corrected chi connectivity index (χ3v) is 5.41. The molecule has 1 unspecified atom stereocenters. The molecule has 0 aromatic heterocycles. The van der Waals surface area contributed by atoms with E-state index in [1.54, 1.807) is 0 Å². The molecule has 2 rings (SSSR count). The Morgan fingerprint density at radius 3 is 2.05 bits per heavy atom. The standard InChI is InChI=1S/C17H34N2/c1-16(2,3)13-15(14-18)19-11-9-17(10-12-19)7-5-4-6-8-17/h15H,4-14,18H2,1-3H3. The van der Waals surface area contributed by atoms with E-state index in [-0.39, 0.29) is 0 Å². The van der Waals surface area contributed by atoms with Crippen molar-refractivity contribution in [3.8, 4) is 0 Å². The largest absolute Gasteiger partial charge is 0.329 e. The average molecular weight is 266 g/mol. The fourth-order valence-electron chi connectivity index (χ4n) is 4.23. The minimum Gasteiger partial charge on any atom is -0.329 e. The number of hydrogen-bond donors (Lipinski definition) is 1. The molecule has 0 amide bonds. The summed E-state index contributed by atoms with van der Waals surface area (Å²) in [6, 6.07) is 0.598. The van der Waals surface area contributed by atoms with Gasteiger partial charge in [-0.05, 0) is 56.0 Å². The summed E-state index contributed by atoms with van der Waals surface area (Å²) >= 11 is 0. The molecule has 112 valence electrons. The molecule has 1 aliphatic carbocycles. The quantitative estimate of drug-likeness (QED) is 0.842. The van der Waals surface area contributed by atoms with Crippen LogP contribution in [-0.2, 0) is 0 Å². The summed E-state index contributed by atoms with van der Waals surface area (Å²) in [5.41, 5.74) is 7.15. The van der Waals surface area contributed by atoms with Gasteiger partial charge in [-0.1, -0.05) is 40.0 Å². The van der Waals surface area contributed by atoms with Gasteiger partial charge in [0, 0.05) is 12.6 Å². The van der Waals surface area contributed by atoms with E-state index < -0.39 is 0 Å². The Hall–Kier alpha value is -0.0800. The molecule has 0 radical (unpaired) electrons. The van der Waals surface area contributed by atoms with E-state index in [2.05, 4.69) is 25.7 Å². The lowest BCUT2D eigenvalue weighted by atomic mass is 9.68. The lowest BCUT2D eigenvalue weighted by molar-refractivity contribution is 0.0365. The number of rotatable bonds is 3. The average Bonchev–Trinajstić information content (AvgIpc) is 2.37. The van der Waals surface area contributed by atoms with Crippen LogP contribution in [-0.4, -0.2) is 30.6 Å². The molecule has 1 saturated carbocycles. The highest BCUT2D eigenvalue weighted by Gasteiger charge is 2.37. The highest BCUT2D eigenvalue weighted by Crippen LogP contribution is 2.45. The molecule has 1 aliphatic heterocycles. The lowest BCUT2D eigenvalue weighted by Crippen LogP contribution is -2.49. The maximum atomic E-state index is 6.04. The fourth-order valence-corrected chi connectivity index (χ4v) is 4.23. The van der Waals surface area contributed by atoms with Crippen molar-refractivity contribution in [1.82, 2.24) is 4.90 Å². The number of piperidine rings is 1. The molecular weight excluding hydrogens is 232 g/mol. The van der Waals surface area contributed by atoms with Crippen LogP contribution in [0, 0.1) is 10.8 Å². The van der Waals surface area contributed by atoms with E-state index in [0.717, 1.165) is 12.0 Å². The van der Waals surface area contributed by atoms with Gasteiger partial charge in [-0.15, -0.1) is 0 Å². The van der Waals surface area contributed by atoms with Crippen LogP contribution in [0.2, 0.25) is 0 Å². The second-order valence-corrected chi connectivity index (χ2v) is 8.25. The Balaban J connectivity index is 1.87. The Kier molecular flexibility index (Phi) is 4.94. The van der Waals surface area contributed by atoms with Crippen molar-refractivity contribution in [3.63, 3.8) is 0 Å². The van der Waals surface area contributed by atoms with Crippen molar-refractivity contribution in [1.29, 1.82) is 0 Å². The minimum atomic E-state index is 0.393. The number of likely N-dealkylation sites (tertiary alicyclic amines) is 1. The molecule has 2 aliphatic rings. The number of nitrogens with zero attached hydrogens (tertiary/aromatic N) is 1. The number of nitrogens with two attached hydrogens (primary N) is 1. The van der Waals surface area contributed by atoms with Crippen LogP contribution in [0.3, 0.4) is 0 Å². The Bertz CT molecular complexity index is 263. The van der Waals surface area contributed by atoms with Crippen LogP contribution in [0.4, 0.5) is 0 Å². The third kappa shape index (κ3) is 4.19. The van der Waals surface area contributed by atoms with E-state index in [1.807, 2.05) is 0 Å². The van der Waals surface area contributed by atoms with Crippen LogP contribution < -0.4 is 5.73 Å². The molecule has 0 aromatic rings. The van der Waals surface area contributed by atoms with Gasteiger partial charge in [0.2, 0.25) is 0 Å². The first-order valence-corrected chi connectivity index (χ1v) is 8.38. The summed E-state index contributed by atoms with van der Waals surface area (Å²) in [5, 5.41) is 0. The summed E-state index contributed by atoms with van der Waals surface area (Å²) in [6.07, 6.45) is 11.5. The second kappa shape index (κ2) is 6.13. The smallest absolute Gasteiger partial charge is 0.0223 e. The van der Waals surface area contributed by atoms with Gasteiger partial charge >= 0.3 is 0 Å². The molecule has 1 spiro atoms. The lowest BCUT2D eigenvalue weighted by Gasteiger charge is -2.47. The van der Waals surface area contributed by atoms with Crippen molar-refractivity contribution >= 4 is 0 Å². The molecule has 0 bridgehead atoms.